The van der Waals surface area contributed by atoms with Gasteiger partial charge in [0, 0.05) is 13.1 Å². The largest absolute Gasteiger partial charge is 0.506 e. The highest BCUT2D eigenvalue weighted by Gasteiger charge is 2.18. The summed E-state index contributed by atoms with van der Waals surface area (Å²) in [4.78, 5) is 24.1. The van der Waals surface area contributed by atoms with Crippen molar-refractivity contribution in [3.8, 4) is 5.75 Å². The molecular formula is C12H14N2O5. The van der Waals surface area contributed by atoms with Crippen LogP contribution in [0, 0.1) is 0 Å². The first kappa shape index (κ1) is 13.2. The molecule has 0 bridgehead atoms. The molecule has 2 amide bonds. The molecule has 0 atom stereocenters. The van der Waals surface area contributed by atoms with Crippen molar-refractivity contribution in [2.45, 2.75) is 0 Å². The lowest BCUT2D eigenvalue weighted by Gasteiger charge is -2.27. The van der Waals surface area contributed by atoms with Crippen molar-refractivity contribution in [1.82, 2.24) is 4.90 Å². The highest BCUT2D eigenvalue weighted by molar-refractivity contribution is 5.93. The Balaban J connectivity index is 2.06. The van der Waals surface area contributed by atoms with Gasteiger partial charge in [-0.25, -0.2) is 9.59 Å². The maximum absolute atomic E-state index is 11.9. The number of phenols is 1. The smallest absolute Gasteiger partial charge is 0.335 e. The van der Waals surface area contributed by atoms with Gasteiger partial charge in [0.25, 0.3) is 0 Å². The summed E-state index contributed by atoms with van der Waals surface area (Å²) >= 11 is 0. The van der Waals surface area contributed by atoms with Crippen molar-refractivity contribution in [1.29, 1.82) is 0 Å². The van der Waals surface area contributed by atoms with E-state index in [4.69, 9.17) is 9.84 Å². The lowest BCUT2D eigenvalue weighted by atomic mass is 10.2. The number of carboxylic acid groups (broad SMARTS) is 1. The van der Waals surface area contributed by atoms with Crippen LogP contribution < -0.4 is 5.32 Å². The molecule has 1 aliphatic rings. The predicted octanol–water partition coefficient (Wildman–Crippen LogP) is 0.954. The molecule has 1 aromatic rings. The first-order chi connectivity index (χ1) is 9.08. The van der Waals surface area contributed by atoms with Gasteiger partial charge in [0.2, 0.25) is 0 Å². The Labute approximate surface area is 109 Å². The molecule has 102 valence electrons. The van der Waals surface area contributed by atoms with Crippen molar-refractivity contribution in [3.63, 3.8) is 0 Å². The molecule has 1 heterocycles. The quantitative estimate of drug-likeness (QED) is 0.692. The fraction of sp³-hybridized carbons (Fsp3) is 0.333. The first-order valence-corrected chi connectivity index (χ1v) is 5.78. The average molecular weight is 266 g/mol. The SMILES string of the molecule is O=C(O)c1ccc(NC(=O)N2CCOCC2)c(O)c1. The number of nitrogens with zero attached hydrogens (tertiary/aromatic N) is 1. The minimum absolute atomic E-state index is 0.0399. The summed E-state index contributed by atoms with van der Waals surface area (Å²) in [7, 11) is 0. The molecule has 0 spiro atoms. The van der Waals surface area contributed by atoms with Crippen molar-refractivity contribution in [2.24, 2.45) is 0 Å². The summed E-state index contributed by atoms with van der Waals surface area (Å²) in [5.41, 5.74) is 0.142. The second-order valence-corrected chi connectivity index (χ2v) is 4.07. The van der Waals surface area contributed by atoms with Gasteiger partial charge in [0.05, 0.1) is 24.5 Å². The Hall–Kier alpha value is -2.28. The number of aromatic hydroxyl groups is 1. The van der Waals surface area contributed by atoms with Crippen LogP contribution in [-0.2, 0) is 4.74 Å². The van der Waals surface area contributed by atoms with E-state index in [9.17, 15) is 14.7 Å². The van der Waals surface area contributed by atoms with E-state index in [0.29, 0.717) is 26.3 Å². The van der Waals surface area contributed by atoms with E-state index in [-0.39, 0.29) is 23.0 Å². The zero-order valence-electron chi connectivity index (χ0n) is 10.1. The number of ether oxygens (including phenoxy) is 1. The Morgan fingerprint density at radius 2 is 1.95 bits per heavy atom. The number of phenolic OH excluding ortho intramolecular Hbond substituents is 1. The summed E-state index contributed by atoms with van der Waals surface area (Å²) in [6.45, 7) is 1.94. The fourth-order valence-electron chi connectivity index (χ4n) is 1.73. The van der Waals surface area contributed by atoms with Crippen LogP contribution in [0.1, 0.15) is 10.4 Å². The molecule has 1 fully saturated rings. The van der Waals surface area contributed by atoms with Crippen LogP contribution in [0.25, 0.3) is 0 Å². The van der Waals surface area contributed by atoms with Gasteiger partial charge in [0.1, 0.15) is 5.75 Å². The normalized spacial score (nSPS) is 15.1. The highest BCUT2D eigenvalue weighted by Crippen LogP contribution is 2.24. The third-order valence-electron chi connectivity index (χ3n) is 2.78. The van der Waals surface area contributed by atoms with Crippen LogP contribution in [0.3, 0.4) is 0 Å². The maximum atomic E-state index is 11.9. The van der Waals surface area contributed by atoms with Gasteiger partial charge in [-0.3, -0.25) is 0 Å². The topological polar surface area (TPSA) is 99.1 Å². The molecule has 0 radical (unpaired) electrons. The van der Waals surface area contributed by atoms with Gasteiger partial charge < -0.3 is 25.2 Å². The Bertz CT molecular complexity index is 497. The number of urea groups is 1. The summed E-state index contributed by atoms with van der Waals surface area (Å²) in [6.07, 6.45) is 0. The third-order valence-corrected chi connectivity index (χ3v) is 2.78. The van der Waals surface area contributed by atoms with E-state index < -0.39 is 5.97 Å². The number of carbonyl (C=O) groups excluding carboxylic acids is 1. The average Bonchev–Trinajstić information content (AvgIpc) is 2.41. The highest BCUT2D eigenvalue weighted by atomic mass is 16.5. The lowest BCUT2D eigenvalue weighted by Crippen LogP contribution is -2.43. The number of benzene rings is 1. The Kier molecular flexibility index (Phi) is 3.86. The zero-order valence-corrected chi connectivity index (χ0v) is 10.1. The molecule has 0 saturated carbocycles. The number of amides is 2. The van der Waals surface area contributed by atoms with Gasteiger partial charge in [-0.2, -0.15) is 0 Å². The monoisotopic (exact) mass is 266 g/mol. The molecule has 1 saturated heterocycles. The molecule has 2 rings (SSSR count). The van der Waals surface area contributed by atoms with Crippen LogP contribution in [-0.4, -0.2) is 53.4 Å². The number of carbonyl (C=O) groups is 2. The third kappa shape index (κ3) is 3.14. The number of nitrogens with one attached hydrogen (secondary N) is 1. The number of morpholine rings is 1. The van der Waals surface area contributed by atoms with E-state index in [2.05, 4.69) is 5.32 Å². The second kappa shape index (κ2) is 5.57. The predicted molar refractivity (Wildman–Crippen MR) is 66.5 cm³/mol. The van der Waals surface area contributed by atoms with Crippen LogP contribution in [0.2, 0.25) is 0 Å². The number of hydrogen-bond acceptors (Lipinski definition) is 4. The number of carboxylic acids is 1. The number of hydrogen-bond donors (Lipinski definition) is 3. The summed E-state index contributed by atoms with van der Waals surface area (Å²) in [6, 6.07) is 3.42. The molecule has 3 N–H and O–H groups in total. The van der Waals surface area contributed by atoms with Gasteiger partial charge in [-0.1, -0.05) is 0 Å². The second-order valence-electron chi connectivity index (χ2n) is 4.07. The molecule has 19 heavy (non-hydrogen) atoms. The van der Waals surface area contributed by atoms with Crippen LogP contribution in [0.15, 0.2) is 18.2 Å². The van der Waals surface area contributed by atoms with Crippen LogP contribution >= 0.6 is 0 Å². The summed E-state index contributed by atoms with van der Waals surface area (Å²) in [5.74, 6) is -1.41. The zero-order chi connectivity index (χ0) is 13.8. The summed E-state index contributed by atoms with van der Waals surface area (Å²) < 4.78 is 5.13. The molecular weight excluding hydrogens is 252 g/mol. The van der Waals surface area contributed by atoms with Crippen LogP contribution in [0.5, 0.6) is 5.75 Å². The van der Waals surface area contributed by atoms with E-state index in [1.54, 1.807) is 4.90 Å². The summed E-state index contributed by atoms with van der Waals surface area (Å²) in [5, 5.41) is 21.0. The van der Waals surface area contributed by atoms with E-state index in [1.807, 2.05) is 0 Å². The van der Waals surface area contributed by atoms with E-state index in [0.717, 1.165) is 6.07 Å². The first-order valence-electron chi connectivity index (χ1n) is 5.78. The Morgan fingerprint density at radius 1 is 1.26 bits per heavy atom. The molecule has 0 aromatic heterocycles. The number of aromatic carboxylic acids is 1. The van der Waals surface area contributed by atoms with Crippen molar-refractivity contribution in [3.05, 3.63) is 23.8 Å². The maximum Gasteiger partial charge on any atom is 0.335 e. The number of rotatable bonds is 2. The van der Waals surface area contributed by atoms with Crippen molar-refractivity contribution >= 4 is 17.7 Å². The van der Waals surface area contributed by atoms with Gasteiger partial charge >= 0.3 is 12.0 Å². The standard InChI is InChI=1S/C12H14N2O5/c15-10-7-8(11(16)17)1-2-9(10)13-12(18)14-3-5-19-6-4-14/h1-2,7,15H,3-6H2,(H,13,18)(H,16,17). The van der Waals surface area contributed by atoms with Crippen molar-refractivity contribution in [2.75, 3.05) is 31.6 Å². The van der Waals surface area contributed by atoms with Crippen molar-refractivity contribution < 1.29 is 24.5 Å². The fourth-order valence-corrected chi connectivity index (χ4v) is 1.73. The van der Waals surface area contributed by atoms with Gasteiger partial charge in [-0.15, -0.1) is 0 Å². The minimum Gasteiger partial charge on any atom is -0.506 e. The van der Waals surface area contributed by atoms with Gasteiger partial charge in [0.15, 0.2) is 0 Å². The van der Waals surface area contributed by atoms with Gasteiger partial charge in [-0.05, 0) is 18.2 Å². The molecule has 1 aliphatic heterocycles. The molecule has 7 nitrogen and oxygen atoms in total. The van der Waals surface area contributed by atoms with E-state index >= 15 is 0 Å². The minimum atomic E-state index is -1.14. The van der Waals surface area contributed by atoms with Crippen LogP contribution in [0.4, 0.5) is 10.5 Å². The number of anilines is 1. The lowest BCUT2D eigenvalue weighted by molar-refractivity contribution is 0.0564. The molecule has 1 aromatic carbocycles. The molecule has 0 unspecified atom stereocenters. The molecule has 7 heteroatoms. The molecule has 0 aliphatic carbocycles. The van der Waals surface area contributed by atoms with E-state index in [1.165, 1.54) is 12.1 Å². The Morgan fingerprint density at radius 3 is 2.53 bits per heavy atom.